The molecule has 7 nitrogen and oxygen atoms in total. The molecule has 0 unspecified atom stereocenters. The van der Waals surface area contributed by atoms with Gasteiger partial charge in [0, 0.05) is 24.2 Å². The number of hydrogen-bond donors (Lipinski definition) is 2. The molecule has 2 N–H and O–H groups in total. The van der Waals surface area contributed by atoms with Crippen LogP contribution in [0.25, 0.3) is 5.82 Å². The van der Waals surface area contributed by atoms with Crippen molar-refractivity contribution in [2.45, 2.75) is 45.1 Å². The lowest BCUT2D eigenvalue weighted by atomic mass is 9.87. The molecule has 0 aromatic carbocycles. The largest absolute Gasteiger partial charge is 0.394 e. The number of alkyl halides is 2. The highest BCUT2D eigenvalue weighted by molar-refractivity contribution is 5.95. The van der Waals surface area contributed by atoms with Gasteiger partial charge in [-0.3, -0.25) is 9.78 Å². The predicted molar refractivity (Wildman–Crippen MR) is 91.7 cm³/mol. The highest BCUT2D eigenvalue weighted by Crippen LogP contribution is 2.67. The first kappa shape index (κ1) is 18.0. The van der Waals surface area contributed by atoms with Crippen molar-refractivity contribution >= 4 is 5.91 Å². The van der Waals surface area contributed by atoms with Gasteiger partial charge in [-0.25, -0.2) is 18.4 Å². The molecule has 1 fully saturated rings. The molecule has 0 bridgehead atoms. The molecule has 0 spiro atoms. The molecular weight excluding hydrogens is 356 g/mol. The summed E-state index contributed by atoms with van der Waals surface area (Å²) in [5, 5.41) is 16.4. The van der Waals surface area contributed by atoms with Gasteiger partial charge in [0.1, 0.15) is 0 Å². The third-order valence-electron chi connectivity index (χ3n) is 5.38. The lowest BCUT2D eigenvalue weighted by Gasteiger charge is -2.29. The average molecular weight is 377 g/mol. The quantitative estimate of drug-likeness (QED) is 0.850. The van der Waals surface area contributed by atoms with Crippen molar-refractivity contribution in [3.05, 3.63) is 35.5 Å². The third-order valence-corrected chi connectivity index (χ3v) is 5.38. The van der Waals surface area contributed by atoms with E-state index in [1.165, 1.54) is 23.3 Å². The van der Waals surface area contributed by atoms with Gasteiger partial charge in [-0.05, 0) is 11.8 Å². The zero-order valence-electron chi connectivity index (χ0n) is 15.3. The van der Waals surface area contributed by atoms with Crippen LogP contribution in [0.2, 0.25) is 0 Å². The molecule has 0 radical (unpaired) electrons. The summed E-state index contributed by atoms with van der Waals surface area (Å²) >= 11 is 0. The number of aliphatic hydroxyl groups excluding tert-OH is 1. The second kappa shape index (κ2) is 5.79. The number of nitrogens with one attached hydrogen (secondary N) is 1. The summed E-state index contributed by atoms with van der Waals surface area (Å²) in [6.07, 6.45) is 4.72. The van der Waals surface area contributed by atoms with E-state index in [1.807, 2.05) is 20.8 Å². The second-order valence-electron chi connectivity index (χ2n) is 8.23. The van der Waals surface area contributed by atoms with Crippen LogP contribution in [0.5, 0.6) is 0 Å². The molecule has 0 saturated heterocycles. The van der Waals surface area contributed by atoms with E-state index in [0.717, 1.165) is 0 Å². The first-order valence-corrected chi connectivity index (χ1v) is 8.85. The van der Waals surface area contributed by atoms with Crippen molar-refractivity contribution in [3.63, 3.8) is 0 Å². The van der Waals surface area contributed by atoms with Gasteiger partial charge >= 0.3 is 0 Å². The predicted octanol–water partition coefficient (Wildman–Crippen LogP) is 2.01. The van der Waals surface area contributed by atoms with Crippen molar-refractivity contribution < 1.29 is 18.7 Å². The number of aromatic nitrogens is 4. The standard InChI is InChI=1S/C18H21F2N5O2/c1-17(2,3)11(8-26)23-16(27)14-13-15(9-6-10(9)18(13,19)20)25(24-14)12-7-21-4-5-22-12/h4-5,7,9-11,26H,6,8H2,1-3H3,(H,23,27)/t9-,10+,11+/m0/s1. The number of aliphatic hydroxyl groups is 1. The minimum Gasteiger partial charge on any atom is -0.394 e. The number of rotatable bonds is 4. The van der Waals surface area contributed by atoms with Crippen molar-refractivity contribution in [1.29, 1.82) is 0 Å². The van der Waals surface area contributed by atoms with Crippen molar-refractivity contribution in [1.82, 2.24) is 25.1 Å². The Labute approximate surface area is 154 Å². The zero-order valence-corrected chi connectivity index (χ0v) is 15.3. The Balaban J connectivity index is 1.79. The Morgan fingerprint density at radius 1 is 1.44 bits per heavy atom. The Morgan fingerprint density at radius 3 is 2.78 bits per heavy atom. The van der Waals surface area contributed by atoms with Crippen molar-refractivity contribution in [2.24, 2.45) is 11.3 Å². The van der Waals surface area contributed by atoms with E-state index >= 15 is 0 Å². The maximum Gasteiger partial charge on any atom is 0.280 e. The fraction of sp³-hybridized carbons (Fsp3) is 0.556. The molecule has 2 aliphatic rings. The van der Waals surface area contributed by atoms with Gasteiger partial charge in [-0.1, -0.05) is 20.8 Å². The summed E-state index contributed by atoms with van der Waals surface area (Å²) in [6, 6.07) is -0.591. The fourth-order valence-electron chi connectivity index (χ4n) is 3.68. The smallest absolute Gasteiger partial charge is 0.280 e. The summed E-state index contributed by atoms with van der Waals surface area (Å²) in [5.74, 6) is -4.66. The lowest BCUT2D eigenvalue weighted by Crippen LogP contribution is -2.46. The second-order valence-corrected chi connectivity index (χ2v) is 8.23. The lowest BCUT2D eigenvalue weighted by molar-refractivity contribution is -0.0232. The maximum absolute atomic E-state index is 14.9. The fourth-order valence-corrected chi connectivity index (χ4v) is 3.68. The highest BCUT2D eigenvalue weighted by atomic mass is 19.3. The molecule has 2 aliphatic carbocycles. The van der Waals surface area contributed by atoms with Crippen LogP contribution in [0.3, 0.4) is 0 Å². The van der Waals surface area contributed by atoms with Gasteiger partial charge in [0.15, 0.2) is 11.5 Å². The van der Waals surface area contributed by atoms with Gasteiger partial charge in [-0.2, -0.15) is 5.10 Å². The molecule has 2 heterocycles. The Hall–Kier alpha value is -2.42. The van der Waals surface area contributed by atoms with Crippen LogP contribution in [0.1, 0.15) is 54.9 Å². The average Bonchev–Trinajstić information content (AvgIpc) is 3.26. The summed E-state index contributed by atoms with van der Waals surface area (Å²) in [7, 11) is 0. The molecule has 4 rings (SSSR count). The van der Waals surface area contributed by atoms with E-state index < -0.39 is 29.2 Å². The molecule has 1 saturated carbocycles. The molecule has 2 aromatic rings. The first-order chi connectivity index (χ1) is 12.7. The number of carbonyl (C=O) groups excluding carboxylic acids is 1. The van der Waals surface area contributed by atoms with E-state index in [-0.39, 0.29) is 23.8 Å². The minimum atomic E-state index is -3.11. The van der Waals surface area contributed by atoms with E-state index in [4.69, 9.17) is 0 Å². The molecule has 9 heteroatoms. The van der Waals surface area contributed by atoms with E-state index in [2.05, 4.69) is 20.4 Å². The van der Waals surface area contributed by atoms with Crippen LogP contribution < -0.4 is 5.32 Å². The number of amides is 1. The Bertz CT molecular complexity index is 891. The van der Waals surface area contributed by atoms with Crippen LogP contribution >= 0.6 is 0 Å². The topological polar surface area (TPSA) is 92.9 Å². The van der Waals surface area contributed by atoms with Crippen molar-refractivity contribution in [2.75, 3.05) is 6.61 Å². The summed E-state index contributed by atoms with van der Waals surface area (Å²) in [5.41, 5.74) is -0.730. The summed E-state index contributed by atoms with van der Waals surface area (Å²) < 4.78 is 31.0. The number of hydrogen-bond acceptors (Lipinski definition) is 5. The van der Waals surface area contributed by atoms with Crippen LogP contribution in [0, 0.1) is 11.3 Å². The molecule has 0 aliphatic heterocycles. The molecular formula is C18H21F2N5O2. The molecule has 3 atom stereocenters. The molecule has 144 valence electrons. The van der Waals surface area contributed by atoms with Crippen LogP contribution in [-0.4, -0.2) is 43.4 Å². The van der Waals surface area contributed by atoms with Gasteiger partial charge in [0.2, 0.25) is 0 Å². The monoisotopic (exact) mass is 377 g/mol. The highest BCUT2D eigenvalue weighted by Gasteiger charge is 2.67. The maximum atomic E-state index is 14.9. The van der Waals surface area contributed by atoms with Crippen molar-refractivity contribution in [3.8, 4) is 5.82 Å². The molecule has 1 amide bonds. The Morgan fingerprint density at radius 2 is 2.19 bits per heavy atom. The minimum absolute atomic E-state index is 0.297. The normalized spacial score (nSPS) is 23.5. The SMILES string of the molecule is CC(C)(C)[C@@H](CO)NC(=O)c1nn(-c2cnccn2)c2c1C(F)(F)[C@@H]1C[C@H]21. The van der Waals surface area contributed by atoms with E-state index in [9.17, 15) is 18.7 Å². The summed E-state index contributed by atoms with van der Waals surface area (Å²) in [6.45, 7) is 5.24. The summed E-state index contributed by atoms with van der Waals surface area (Å²) in [4.78, 5) is 20.9. The first-order valence-electron chi connectivity index (χ1n) is 8.85. The van der Waals surface area contributed by atoms with Crippen LogP contribution in [-0.2, 0) is 5.92 Å². The van der Waals surface area contributed by atoms with Crippen LogP contribution in [0.4, 0.5) is 8.78 Å². The van der Waals surface area contributed by atoms with E-state index in [0.29, 0.717) is 17.9 Å². The molecule has 27 heavy (non-hydrogen) atoms. The van der Waals surface area contributed by atoms with Gasteiger partial charge in [0.05, 0.1) is 30.1 Å². The molecule has 2 aromatic heterocycles. The van der Waals surface area contributed by atoms with E-state index in [1.54, 1.807) is 0 Å². The van der Waals surface area contributed by atoms with Gasteiger partial charge in [-0.15, -0.1) is 0 Å². The zero-order chi connectivity index (χ0) is 19.6. The number of fused-ring (bicyclic) bond motifs is 3. The number of halogens is 2. The van der Waals surface area contributed by atoms with Gasteiger partial charge in [0.25, 0.3) is 11.8 Å². The van der Waals surface area contributed by atoms with Gasteiger partial charge < -0.3 is 10.4 Å². The number of nitrogens with zero attached hydrogens (tertiary/aromatic N) is 4. The number of carbonyl (C=O) groups is 1. The third kappa shape index (κ3) is 2.72. The Kier molecular flexibility index (Phi) is 3.85. The van der Waals surface area contributed by atoms with Crippen LogP contribution in [0.15, 0.2) is 18.6 Å².